The van der Waals surface area contributed by atoms with Crippen LogP contribution in [0.3, 0.4) is 0 Å². The highest BCUT2D eigenvalue weighted by atomic mass is 16.3. The fraction of sp³-hybridized carbons (Fsp3) is 0.259. The Hall–Kier alpha value is -3.46. The van der Waals surface area contributed by atoms with Gasteiger partial charge >= 0.3 is 0 Å². The third-order valence-electron chi connectivity index (χ3n) is 5.35. The van der Waals surface area contributed by atoms with E-state index < -0.39 is 0 Å². The van der Waals surface area contributed by atoms with E-state index >= 15 is 0 Å². The van der Waals surface area contributed by atoms with Gasteiger partial charge in [0.15, 0.2) is 0 Å². The van der Waals surface area contributed by atoms with Crippen molar-refractivity contribution in [2.24, 2.45) is 0 Å². The van der Waals surface area contributed by atoms with Gasteiger partial charge in [-0.15, -0.1) is 0 Å². The normalized spacial score (nSPS) is 10.8. The molecule has 0 unspecified atom stereocenters. The minimum Gasteiger partial charge on any atom is -0.396 e. The molecular formula is C27H29N3O2. The van der Waals surface area contributed by atoms with Crippen molar-refractivity contribution in [3.05, 3.63) is 102 Å². The smallest absolute Gasteiger partial charge is 0.241 e. The number of aliphatic hydroxyl groups excluding tert-OH is 1. The van der Waals surface area contributed by atoms with Gasteiger partial charge in [-0.2, -0.15) is 5.26 Å². The summed E-state index contributed by atoms with van der Waals surface area (Å²) in [6.07, 6.45) is 0.824. The van der Waals surface area contributed by atoms with Crippen LogP contribution in [0, 0.1) is 11.3 Å². The van der Waals surface area contributed by atoms with Crippen LogP contribution in [0.15, 0.2) is 91.0 Å². The highest BCUT2D eigenvalue weighted by Gasteiger charge is 2.26. The van der Waals surface area contributed by atoms with Gasteiger partial charge in [0.05, 0.1) is 25.1 Å². The summed E-state index contributed by atoms with van der Waals surface area (Å²) in [5.74, 6) is -0.0683. The van der Waals surface area contributed by atoms with Crippen LogP contribution < -0.4 is 4.90 Å². The Morgan fingerprint density at radius 3 is 1.88 bits per heavy atom. The van der Waals surface area contributed by atoms with Crippen molar-refractivity contribution < 1.29 is 9.90 Å². The summed E-state index contributed by atoms with van der Waals surface area (Å²) < 4.78 is 0. The van der Waals surface area contributed by atoms with Gasteiger partial charge < -0.3 is 10.0 Å². The van der Waals surface area contributed by atoms with E-state index in [1.54, 1.807) is 4.90 Å². The second-order valence-corrected chi connectivity index (χ2v) is 7.56. The molecule has 0 aliphatic carbocycles. The number of para-hydroxylation sites is 1. The van der Waals surface area contributed by atoms with E-state index in [-0.39, 0.29) is 31.5 Å². The predicted octanol–water partition coefficient (Wildman–Crippen LogP) is 4.41. The van der Waals surface area contributed by atoms with Gasteiger partial charge in [0.25, 0.3) is 0 Å². The molecule has 0 fully saturated rings. The first kappa shape index (κ1) is 23.2. The lowest BCUT2D eigenvalue weighted by molar-refractivity contribution is -0.120. The van der Waals surface area contributed by atoms with Gasteiger partial charge in [0, 0.05) is 25.4 Å². The first-order valence-electron chi connectivity index (χ1n) is 10.9. The Balaban J connectivity index is 1.94. The Morgan fingerprint density at radius 1 is 0.844 bits per heavy atom. The molecule has 0 spiro atoms. The van der Waals surface area contributed by atoms with E-state index in [4.69, 9.17) is 5.26 Å². The molecule has 0 heterocycles. The first-order chi connectivity index (χ1) is 15.7. The van der Waals surface area contributed by atoms with Crippen LogP contribution in [0.4, 0.5) is 5.69 Å². The maximum Gasteiger partial charge on any atom is 0.241 e. The maximum atomic E-state index is 13.5. The Bertz CT molecular complexity index is 948. The standard InChI is InChI=1S/C27H29N3O2/c28-18-10-20-30(25-16-8-3-9-17-25)26(32)22-29(19-11-21-31)27(23-12-4-1-5-13-23)24-14-6-2-7-15-24/h1-9,12-17,27,31H,10-11,19-22H2. The van der Waals surface area contributed by atoms with E-state index in [9.17, 15) is 9.90 Å². The minimum absolute atomic E-state index is 0.0534. The van der Waals surface area contributed by atoms with E-state index in [0.717, 1.165) is 16.8 Å². The van der Waals surface area contributed by atoms with Crippen molar-refractivity contribution >= 4 is 11.6 Å². The summed E-state index contributed by atoms with van der Waals surface area (Å²) in [4.78, 5) is 17.3. The largest absolute Gasteiger partial charge is 0.396 e. The molecule has 3 rings (SSSR count). The number of benzene rings is 3. The number of aliphatic hydroxyl groups is 1. The van der Waals surface area contributed by atoms with Crippen molar-refractivity contribution in [3.63, 3.8) is 0 Å². The number of nitrogens with zero attached hydrogens (tertiary/aromatic N) is 3. The lowest BCUT2D eigenvalue weighted by Crippen LogP contribution is -2.43. The molecule has 0 saturated carbocycles. The zero-order chi connectivity index (χ0) is 22.6. The van der Waals surface area contributed by atoms with Gasteiger partial charge in [-0.25, -0.2) is 0 Å². The molecule has 164 valence electrons. The van der Waals surface area contributed by atoms with Crippen LogP contribution in [0.2, 0.25) is 0 Å². The monoisotopic (exact) mass is 427 g/mol. The van der Waals surface area contributed by atoms with Crippen LogP contribution in [-0.2, 0) is 4.79 Å². The SMILES string of the molecule is N#CCCN(C(=O)CN(CCCO)C(c1ccccc1)c1ccccc1)c1ccccc1. The van der Waals surface area contributed by atoms with Crippen molar-refractivity contribution in [1.29, 1.82) is 5.26 Å². The first-order valence-corrected chi connectivity index (χ1v) is 10.9. The molecule has 3 aromatic carbocycles. The molecule has 5 heteroatoms. The number of nitriles is 1. The summed E-state index contributed by atoms with van der Waals surface area (Å²) in [7, 11) is 0. The average Bonchev–Trinajstić information content (AvgIpc) is 2.85. The number of carbonyl (C=O) groups excluding carboxylic acids is 1. The van der Waals surface area contributed by atoms with Gasteiger partial charge in [0.2, 0.25) is 5.91 Å². The Kier molecular flexibility index (Phi) is 9.00. The summed E-state index contributed by atoms with van der Waals surface area (Å²) in [5.41, 5.74) is 2.96. The highest BCUT2D eigenvalue weighted by molar-refractivity contribution is 5.94. The number of rotatable bonds is 11. The maximum absolute atomic E-state index is 13.5. The zero-order valence-corrected chi connectivity index (χ0v) is 18.2. The Labute approximate surface area is 190 Å². The summed E-state index contributed by atoms with van der Waals surface area (Å²) in [5, 5.41) is 18.6. The third kappa shape index (κ3) is 6.27. The number of carbonyl (C=O) groups is 1. The highest BCUT2D eigenvalue weighted by Crippen LogP contribution is 2.29. The van der Waals surface area contributed by atoms with Crippen LogP contribution in [-0.4, -0.2) is 42.2 Å². The van der Waals surface area contributed by atoms with Crippen molar-refractivity contribution in [3.8, 4) is 6.07 Å². The zero-order valence-electron chi connectivity index (χ0n) is 18.2. The van der Waals surface area contributed by atoms with E-state index in [1.165, 1.54) is 0 Å². The average molecular weight is 428 g/mol. The van der Waals surface area contributed by atoms with Crippen molar-refractivity contribution in [2.45, 2.75) is 18.9 Å². The predicted molar refractivity (Wildman–Crippen MR) is 127 cm³/mol. The van der Waals surface area contributed by atoms with Crippen molar-refractivity contribution in [1.82, 2.24) is 4.90 Å². The van der Waals surface area contributed by atoms with Crippen LogP contribution >= 0.6 is 0 Å². The number of hydrogen-bond acceptors (Lipinski definition) is 4. The van der Waals surface area contributed by atoms with Crippen LogP contribution in [0.25, 0.3) is 0 Å². The van der Waals surface area contributed by atoms with E-state index in [1.807, 2.05) is 66.7 Å². The number of amides is 1. The molecule has 1 amide bonds. The molecule has 0 aromatic heterocycles. The number of hydrogen-bond donors (Lipinski definition) is 1. The molecule has 0 aliphatic heterocycles. The quantitative estimate of drug-likeness (QED) is 0.492. The van der Waals surface area contributed by atoms with Crippen LogP contribution in [0.5, 0.6) is 0 Å². The van der Waals surface area contributed by atoms with E-state index in [0.29, 0.717) is 19.5 Å². The lowest BCUT2D eigenvalue weighted by Gasteiger charge is -2.34. The fourth-order valence-corrected chi connectivity index (χ4v) is 3.88. The van der Waals surface area contributed by atoms with Gasteiger partial charge in [-0.3, -0.25) is 9.69 Å². The topological polar surface area (TPSA) is 67.6 Å². The van der Waals surface area contributed by atoms with E-state index in [2.05, 4.69) is 35.2 Å². The molecule has 0 bridgehead atoms. The summed E-state index contributed by atoms with van der Waals surface area (Å²) in [6, 6.07) is 31.7. The Morgan fingerprint density at radius 2 is 1.38 bits per heavy atom. The molecule has 0 atom stereocenters. The molecule has 32 heavy (non-hydrogen) atoms. The molecular weight excluding hydrogens is 398 g/mol. The van der Waals surface area contributed by atoms with Gasteiger partial charge in [0.1, 0.15) is 0 Å². The summed E-state index contributed by atoms with van der Waals surface area (Å²) >= 11 is 0. The third-order valence-corrected chi connectivity index (χ3v) is 5.35. The minimum atomic E-state index is -0.124. The van der Waals surface area contributed by atoms with Crippen molar-refractivity contribution in [2.75, 3.05) is 31.1 Å². The molecule has 0 radical (unpaired) electrons. The molecule has 3 aromatic rings. The second-order valence-electron chi connectivity index (χ2n) is 7.56. The molecule has 0 saturated heterocycles. The van der Waals surface area contributed by atoms with Gasteiger partial charge in [-0.05, 0) is 29.7 Å². The fourth-order valence-electron chi connectivity index (χ4n) is 3.88. The molecule has 5 nitrogen and oxygen atoms in total. The lowest BCUT2D eigenvalue weighted by atomic mass is 9.96. The second kappa shape index (κ2) is 12.4. The molecule has 1 N–H and O–H groups in total. The van der Waals surface area contributed by atoms with Gasteiger partial charge in [-0.1, -0.05) is 78.9 Å². The summed E-state index contributed by atoms with van der Waals surface area (Å²) in [6.45, 7) is 1.14. The molecule has 0 aliphatic rings. The number of anilines is 1. The van der Waals surface area contributed by atoms with Crippen LogP contribution in [0.1, 0.15) is 30.0 Å².